The van der Waals surface area contributed by atoms with Crippen molar-refractivity contribution in [1.82, 2.24) is 5.32 Å². The van der Waals surface area contributed by atoms with E-state index >= 15 is 0 Å². The fourth-order valence-electron chi connectivity index (χ4n) is 2.00. The lowest BCUT2D eigenvalue weighted by Crippen LogP contribution is -2.42. The first-order valence-corrected chi connectivity index (χ1v) is 7.15. The highest BCUT2D eigenvalue weighted by atomic mass is 16.4. The molecule has 1 aromatic carbocycles. The number of hydrogen-bond acceptors (Lipinski definition) is 3. The number of carboxylic acid groups (broad SMARTS) is 1. The van der Waals surface area contributed by atoms with Gasteiger partial charge in [-0.05, 0) is 50.8 Å². The van der Waals surface area contributed by atoms with Crippen molar-refractivity contribution in [1.29, 1.82) is 0 Å². The molecule has 1 saturated carbocycles. The van der Waals surface area contributed by atoms with E-state index in [4.69, 9.17) is 5.11 Å². The van der Waals surface area contributed by atoms with Crippen molar-refractivity contribution < 1.29 is 19.8 Å². The number of amides is 1. The lowest BCUT2D eigenvalue weighted by molar-refractivity contribution is -0.139. The first-order valence-electron chi connectivity index (χ1n) is 7.15. The number of nitrogens with one attached hydrogen (secondary N) is 1. The van der Waals surface area contributed by atoms with E-state index in [0.29, 0.717) is 11.1 Å². The van der Waals surface area contributed by atoms with E-state index in [0.717, 1.165) is 12.8 Å². The van der Waals surface area contributed by atoms with Gasteiger partial charge in [0.25, 0.3) is 5.91 Å². The molecule has 22 heavy (non-hydrogen) atoms. The molecule has 0 aliphatic heterocycles. The Balaban J connectivity index is 2.12. The second kappa shape index (κ2) is 6.20. The predicted molar refractivity (Wildman–Crippen MR) is 81.2 cm³/mol. The standard InChI is InChI=1S/C17H19NO4/c1-17(2,22)9-8-11-4-3-5-13(10-11)15(19)18-14(16(20)21)12-6-7-12/h3-5,10,12,14,22H,6-7H2,1-2H3,(H,18,19)(H,20,21)/t14-/m0/s1. The molecule has 1 fully saturated rings. The number of carbonyl (C=O) groups excluding carboxylic acids is 1. The maximum absolute atomic E-state index is 12.2. The van der Waals surface area contributed by atoms with Crippen molar-refractivity contribution in [2.45, 2.75) is 38.3 Å². The summed E-state index contributed by atoms with van der Waals surface area (Å²) in [7, 11) is 0. The Hall–Kier alpha value is -2.32. The zero-order valence-electron chi connectivity index (χ0n) is 12.6. The maximum atomic E-state index is 12.2. The molecule has 3 N–H and O–H groups in total. The zero-order valence-corrected chi connectivity index (χ0v) is 12.6. The third kappa shape index (κ3) is 4.61. The van der Waals surface area contributed by atoms with E-state index in [1.54, 1.807) is 38.1 Å². The average Bonchev–Trinajstić information content (AvgIpc) is 3.26. The number of aliphatic carboxylic acids is 1. The Morgan fingerprint density at radius 2 is 2.05 bits per heavy atom. The van der Waals surface area contributed by atoms with Gasteiger partial charge in [0.05, 0.1) is 0 Å². The lowest BCUT2D eigenvalue weighted by atomic mass is 10.1. The van der Waals surface area contributed by atoms with Crippen LogP contribution in [0.25, 0.3) is 0 Å². The third-order valence-electron chi connectivity index (χ3n) is 3.28. The van der Waals surface area contributed by atoms with Crippen LogP contribution in [0, 0.1) is 17.8 Å². The van der Waals surface area contributed by atoms with Crippen LogP contribution in [0.1, 0.15) is 42.6 Å². The van der Waals surface area contributed by atoms with Crippen LogP contribution in [0.4, 0.5) is 0 Å². The van der Waals surface area contributed by atoms with Crippen molar-refractivity contribution in [3.8, 4) is 11.8 Å². The average molecular weight is 301 g/mol. The smallest absolute Gasteiger partial charge is 0.326 e. The number of aliphatic hydroxyl groups is 1. The highest BCUT2D eigenvalue weighted by molar-refractivity contribution is 5.97. The fourth-order valence-corrected chi connectivity index (χ4v) is 2.00. The summed E-state index contributed by atoms with van der Waals surface area (Å²) in [5, 5.41) is 21.3. The number of carbonyl (C=O) groups is 2. The summed E-state index contributed by atoms with van der Waals surface area (Å²) in [6.45, 7) is 3.15. The molecule has 0 saturated heterocycles. The van der Waals surface area contributed by atoms with Crippen molar-refractivity contribution in [3.05, 3.63) is 35.4 Å². The Labute approximate surface area is 129 Å². The highest BCUT2D eigenvalue weighted by Crippen LogP contribution is 2.32. The number of rotatable bonds is 4. The highest BCUT2D eigenvalue weighted by Gasteiger charge is 2.37. The zero-order chi connectivity index (χ0) is 16.3. The van der Waals surface area contributed by atoms with Crippen molar-refractivity contribution in [2.24, 2.45) is 5.92 Å². The fraction of sp³-hybridized carbons (Fsp3) is 0.412. The van der Waals surface area contributed by atoms with Gasteiger partial charge in [-0.3, -0.25) is 4.79 Å². The van der Waals surface area contributed by atoms with E-state index in [1.165, 1.54) is 0 Å². The van der Waals surface area contributed by atoms with Crippen molar-refractivity contribution >= 4 is 11.9 Å². The number of hydrogen-bond donors (Lipinski definition) is 3. The monoisotopic (exact) mass is 301 g/mol. The van der Waals surface area contributed by atoms with Crippen LogP contribution in [-0.2, 0) is 4.79 Å². The van der Waals surface area contributed by atoms with Gasteiger partial charge in [0.15, 0.2) is 0 Å². The summed E-state index contributed by atoms with van der Waals surface area (Å²) in [4.78, 5) is 23.3. The van der Waals surface area contributed by atoms with Crippen molar-refractivity contribution in [2.75, 3.05) is 0 Å². The van der Waals surface area contributed by atoms with E-state index in [9.17, 15) is 14.7 Å². The second-order valence-corrected chi connectivity index (χ2v) is 6.02. The summed E-state index contributed by atoms with van der Waals surface area (Å²) in [6, 6.07) is 5.76. The van der Waals surface area contributed by atoms with Gasteiger partial charge in [-0.25, -0.2) is 4.79 Å². The Morgan fingerprint density at radius 3 is 2.59 bits per heavy atom. The van der Waals surface area contributed by atoms with Gasteiger partial charge < -0.3 is 15.5 Å². The molecular formula is C17H19NO4. The van der Waals surface area contributed by atoms with Gasteiger partial charge in [-0.1, -0.05) is 17.9 Å². The van der Waals surface area contributed by atoms with Gasteiger partial charge in [0, 0.05) is 11.1 Å². The molecule has 1 atom stereocenters. The molecule has 0 aromatic heterocycles. The van der Waals surface area contributed by atoms with Crippen LogP contribution in [0.3, 0.4) is 0 Å². The molecule has 5 heteroatoms. The minimum atomic E-state index is -1.11. The van der Waals surface area contributed by atoms with Gasteiger partial charge >= 0.3 is 5.97 Å². The molecule has 1 aliphatic carbocycles. The summed E-state index contributed by atoms with van der Waals surface area (Å²) in [5.74, 6) is 4.06. The van der Waals surface area contributed by atoms with E-state index < -0.39 is 23.5 Å². The molecule has 2 rings (SSSR count). The van der Waals surface area contributed by atoms with Gasteiger partial charge in [0.2, 0.25) is 0 Å². The summed E-state index contributed by atoms with van der Waals surface area (Å²) in [5.41, 5.74) is -0.166. The summed E-state index contributed by atoms with van der Waals surface area (Å²) in [6.07, 6.45) is 1.66. The largest absolute Gasteiger partial charge is 0.480 e. The SMILES string of the molecule is CC(C)(O)C#Cc1cccc(C(=O)N[C@H](C(=O)O)C2CC2)c1. The molecule has 0 heterocycles. The molecule has 0 unspecified atom stereocenters. The molecule has 5 nitrogen and oxygen atoms in total. The molecule has 0 radical (unpaired) electrons. The number of benzene rings is 1. The van der Waals surface area contributed by atoms with Crippen LogP contribution >= 0.6 is 0 Å². The predicted octanol–water partition coefficient (Wildman–Crippen LogP) is 1.40. The van der Waals surface area contributed by atoms with Gasteiger partial charge in [-0.15, -0.1) is 0 Å². The lowest BCUT2D eigenvalue weighted by Gasteiger charge is -2.13. The summed E-state index contributed by atoms with van der Waals surface area (Å²) < 4.78 is 0. The first kappa shape index (κ1) is 16.1. The third-order valence-corrected chi connectivity index (χ3v) is 3.28. The van der Waals surface area contributed by atoms with E-state index in [2.05, 4.69) is 17.2 Å². The van der Waals surface area contributed by atoms with Gasteiger partial charge in [0.1, 0.15) is 11.6 Å². The Kier molecular flexibility index (Phi) is 4.53. The minimum absolute atomic E-state index is 0.0274. The normalized spacial score (nSPS) is 15.4. The molecule has 1 aliphatic rings. The van der Waals surface area contributed by atoms with E-state index in [-0.39, 0.29) is 5.92 Å². The maximum Gasteiger partial charge on any atom is 0.326 e. The molecule has 116 valence electrons. The van der Waals surface area contributed by atoms with E-state index in [1.807, 2.05) is 0 Å². The Bertz CT molecular complexity index is 645. The summed E-state index contributed by atoms with van der Waals surface area (Å²) >= 11 is 0. The van der Waals surface area contributed by atoms with Crippen LogP contribution in [0.2, 0.25) is 0 Å². The molecule has 1 aromatic rings. The quantitative estimate of drug-likeness (QED) is 0.734. The minimum Gasteiger partial charge on any atom is -0.480 e. The van der Waals surface area contributed by atoms with Crippen LogP contribution in [0.5, 0.6) is 0 Å². The topological polar surface area (TPSA) is 86.6 Å². The first-order chi connectivity index (χ1) is 10.3. The van der Waals surface area contributed by atoms with Gasteiger partial charge in [-0.2, -0.15) is 0 Å². The molecular weight excluding hydrogens is 282 g/mol. The van der Waals surface area contributed by atoms with Crippen LogP contribution in [0.15, 0.2) is 24.3 Å². The van der Waals surface area contributed by atoms with Crippen molar-refractivity contribution in [3.63, 3.8) is 0 Å². The molecule has 1 amide bonds. The number of carboxylic acids is 1. The molecule has 0 bridgehead atoms. The Morgan fingerprint density at radius 1 is 1.36 bits per heavy atom. The van der Waals surface area contributed by atoms with Crippen LogP contribution in [-0.4, -0.2) is 33.7 Å². The van der Waals surface area contributed by atoms with Crippen LogP contribution < -0.4 is 5.32 Å². The second-order valence-electron chi connectivity index (χ2n) is 6.02. The molecule has 0 spiro atoms.